The maximum Gasteiger partial charge on any atom is 0.274 e. The summed E-state index contributed by atoms with van der Waals surface area (Å²) in [5.74, 6) is 1.81. The number of fused-ring (bicyclic) bond motifs is 1. The number of aromatic amines is 1. The molecule has 5 rings (SSSR count). The van der Waals surface area contributed by atoms with Gasteiger partial charge in [0.1, 0.15) is 11.5 Å². The van der Waals surface area contributed by atoms with E-state index in [1.54, 1.807) is 12.4 Å². The molecule has 0 aliphatic carbocycles. The lowest BCUT2D eigenvalue weighted by Crippen LogP contribution is -2.40. The maximum absolute atomic E-state index is 13.0. The predicted molar refractivity (Wildman–Crippen MR) is 106 cm³/mol. The van der Waals surface area contributed by atoms with E-state index in [1.807, 2.05) is 17.9 Å². The Kier molecular flexibility index (Phi) is 4.35. The van der Waals surface area contributed by atoms with Crippen LogP contribution < -0.4 is 0 Å². The maximum atomic E-state index is 13.0. The molecule has 0 radical (unpaired) electrons. The zero-order valence-corrected chi connectivity index (χ0v) is 16.3. The zero-order chi connectivity index (χ0) is 19.8. The first-order chi connectivity index (χ1) is 14.1. The Morgan fingerprint density at radius 3 is 2.79 bits per heavy atom. The Labute approximate surface area is 169 Å². The summed E-state index contributed by atoms with van der Waals surface area (Å²) >= 11 is 0. The molecule has 29 heavy (non-hydrogen) atoms. The van der Waals surface area contributed by atoms with Gasteiger partial charge in [-0.2, -0.15) is 5.10 Å². The Balaban J connectivity index is 1.42. The van der Waals surface area contributed by atoms with Crippen LogP contribution in [0.5, 0.6) is 0 Å². The highest BCUT2D eigenvalue weighted by atomic mass is 16.2. The first kappa shape index (κ1) is 17.9. The largest absolute Gasteiger partial charge is 0.336 e. The van der Waals surface area contributed by atoms with Gasteiger partial charge < -0.3 is 4.90 Å². The average Bonchev–Trinajstić information content (AvgIpc) is 3.41. The fourth-order valence-corrected chi connectivity index (χ4v) is 4.74. The van der Waals surface area contributed by atoms with Crippen LogP contribution in [0.15, 0.2) is 48.9 Å². The second-order valence-electron chi connectivity index (χ2n) is 8.03. The van der Waals surface area contributed by atoms with Crippen LogP contribution in [0.4, 0.5) is 0 Å². The van der Waals surface area contributed by atoms with Crippen LogP contribution in [-0.4, -0.2) is 67.0 Å². The number of aryl methyl sites for hydroxylation is 1. The van der Waals surface area contributed by atoms with Gasteiger partial charge in [-0.05, 0) is 12.5 Å². The second-order valence-corrected chi connectivity index (χ2v) is 8.03. The zero-order valence-electron chi connectivity index (χ0n) is 16.3. The Morgan fingerprint density at radius 2 is 2.07 bits per heavy atom. The molecule has 0 bridgehead atoms. The molecule has 1 N–H and O–H groups in total. The highest BCUT2D eigenvalue weighted by Gasteiger charge is 2.56. The molecule has 2 atom stereocenters. The van der Waals surface area contributed by atoms with Crippen LogP contribution in [0.3, 0.4) is 0 Å². The molecule has 1 amide bonds. The number of amides is 1. The van der Waals surface area contributed by atoms with Crippen molar-refractivity contribution in [1.29, 1.82) is 0 Å². The van der Waals surface area contributed by atoms with Crippen molar-refractivity contribution >= 4 is 5.91 Å². The van der Waals surface area contributed by atoms with E-state index in [9.17, 15) is 4.79 Å². The molecule has 8 nitrogen and oxygen atoms in total. The van der Waals surface area contributed by atoms with E-state index < -0.39 is 0 Å². The van der Waals surface area contributed by atoms with Crippen LogP contribution >= 0.6 is 0 Å². The first-order valence-corrected chi connectivity index (χ1v) is 9.85. The van der Waals surface area contributed by atoms with E-state index in [-0.39, 0.29) is 17.2 Å². The molecular weight excluding hydrogens is 366 g/mol. The van der Waals surface area contributed by atoms with Crippen molar-refractivity contribution in [3.63, 3.8) is 0 Å². The lowest BCUT2D eigenvalue weighted by atomic mass is 9.80. The summed E-state index contributed by atoms with van der Waals surface area (Å²) in [5.41, 5.74) is 1.41. The van der Waals surface area contributed by atoms with E-state index in [0.717, 1.165) is 31.3 Å². The van der Waals surface area contributed by atoms with E-state index in [2.05, 4.69) is 54.3 Å². The molecule has 0 unspecified atom stereocenters. The molecule has 4 heterocycles. The summed E-state index contributed by atoms with van der Waals surface area (Å²) in [6.45, 7) is 5.81. The third-order valence-corrected chi connectivity index (χ3v) is 6.04. The van der Waals surface area contributed by atoms with Crippen LogP contribution in [0.1, 0.15) is 27.7 Å². The number of carbonyl (C=O) groups is 1. The number of carbonyl (C=O) groups excluding carboxylic acids is 1. The van der Waals surface area contributed by atoms with Crippen molar-refractivity contribution in [3.05, 3.63) is 71.8 Å². The number of nitrogens with zero attached hydrogens (tertiary/aromatic N) is 6. The fourth-order valence-electron chi connectivity index (χ4n) is 4.74. The molecule has 2 aliphatic heterocycles. The number of aromatic nitrogens is 5. The topological polar surface area (TPSA) is 90.9 Å². The summed E-state index contributed by atoms with van der Waals surface area (Å²) in [4.78, 5) is 30.2. The molecule has 2 aromatic heterocycles. The third kappa shape index (κ3) is 3.19. The summed E-state index contributed by atoms with van der Waals surface area (Å²) in [6, 6.07) is 10.5. The molecular formula is C21H23N7O. The second kappa shape index (κ2) is 7.04. The minimum atomic E-state index is -0.266. The van der Waals surface area contributed by atoms with E-state index >= 15 is 0 Å². The normalized spacial score (nSPS) is 24.0. The van der Waals surface area contributed by atoms with Gasteiger partial charge in [0.25, 0.3) is 5.91 Å². The number of rotatable bonds is 4. The monoisotopic (exact) mass is 389 g/mol. The predicted octanol–water partition coefficient (Wildman–Crippen LogP) is 1.43. The van der Waals surface area contributed by atoms with Crippen LogP contribution in [0.2, 0.25) is 0 Å². The number of hydrogen-bond acceptors (Lipinski definition) is 6. The third-order valence-electron chi connectivity index (χ3n) is 6.04. The Morgan fingerprint density at radius 1 is 1.21 bits per heavy atom. The van der Waals surface area contributed by atoms with Gasteiger partial charge in [0.05, 0.1) is 11.6 Å². The number of nitrogens with one attached hydrogen (secondary N) is 1. The molecule has 1 aromatic carbocycles. The van der Waals surface area contributed by atoms with Crippen molar-refractivity contribution in [2.24, 2.45) is 5.92 Å². The lowest BCUT2D eigenvalue weighted by molar-refractivity contribution is 0.0762. The SMILES string of the molecule is Cc1nc([C@]23CN(Cc4ccccc4)C[C@H]2CN(C(=O)c2cnccn2)C3)n[nH]1. The number of benzene rings is 1. The van der Waals surface area contributed by atoms with E-state index in [4.69, 9.17) is 0 Å². The van der Waals surface area contributed by atoms with Crippen molar-refractivity contribution in [1.82, 2.24) is 34.9 Å². The summed E-state index contributed by atoms with van der Waals surface area (Å²) in [6.07, 6.45) is 4.66. The van der Waals surface area contributed by atoms with Crippen LogP contribution in [0, 0.1) is 12.8 Å². The van der Waals surface area contributed by atoms with Crippen molar-refractivity contribution < 1.29 is 4.79 Å². The van der Waals surface area contributed by atoms with Crippen molar-refractivity contribution in [2.75, 3.05) is 26.2 Å². The molecule has 8 heteroatoms. The van der Waals surface area contributed by atoms with Gasteiger partial charge in [0, 0.05) is 51.0 Å². The number of H-pyrrole nitrogens is 1. The lowest BCUT2D eigenvalue weighted by Gasteiger charge is -2.26. The molecule has 0 saturated carbocycles. The molecule has 3 aromatic rings. The van der Waals surface area contributed by atoms with Gasteiger partial charge in [0.2, 0.25) is 0 Å². The summed E-state index contributed by atoms with van der Waals surface area (Å²) in [5, 5.41) is 7.50. The number of hydrogen-bond donors (Lipinski definition) is 1. The average molecular weight is 389 g/mol. The van der Waals surface area contributed by atoms with E-state index in [1.165, 1.54) is 11.8 Å². The summed E-state index contributed by atoms with van der Waals surface area (Å²) in [7, 11) is 0. The van der Waals surface area contributed by atoms with E-state index in [0.29, 0.717) is 18.8 Å². The van der Waals surface area contributed by atoms with Crippen LogP contribution in [0.25, 0.3) is 0 Å². The first-order valence-electron chi connectivity index (χ1n) is 9.85. The van der Waals surface area contributed by atoms with Gasteiger partial charge in [-0.1, -0.05) is 30.3 Å². The minimum Gasteiger partial charge on any atom is -0.336 e. The molecule has 148 valence electrons. The highest BCUT2D eigenvalue weighted by Crippen LogP contribution is 2.44. The van der Waals surface area contributed by atoms with Crippen molar-refractivity contribution in [3.8, 4) is 0 Å². The molecule has 2 aliphatic rings. The molecule has 0 spiro atoms. The smallest absolute Gasteiger partial charge is 0.274 e. The van der Waals surface area contributed by atoms with Crippen molar-refractivity contribution in [2.45, 2.75) is 18.9 Å². The Hall–Kier alpha value is -3.13. The highest BCUT2D eigenvalue weighted by molar-refractivity contribution is 5.92. The number of likely N-dealkylation sites (tertiary alicyclic amines) is 2. The fraction of sp³-hybridized carbons (Fsp3) is 0.381. The van der Waals surface area contributed by atoms with Gasteiger partial charge in [-0.25, -0.2) is 9.97 Å². The molecule has 2 fully saturated rings. The van der Waals surface area contributed by atoms with Gasteiger partial charge in [-0.3, -0.25) is 19.8 Å². The van der Waals surface area contributed by atoms with Crippen LogP contribution in [-0.2, 0) is 12.0 Å². The minimum absolute atomic E-state index is 0.0752. The van der Waals surface area contributed by atoms with Gasteiger partial charge >= 0.3 is 0 Å². The summed E-state index contributed by atoms with van der Waals surface area (Å²) < 4.78 is 0. The quantitative estimate of drug-likeness (QED) is 0.726. The van der Waals surface area contributed by atoms with Gasteiger partial charge in [0.15, 0.2) is 5.82 Å². The molecule has 2 saturated heterocycles. The van der Waals surface area contributed by atoms with Gasteiger partial charge in [-0.15, -0.1) is 0 Å². The Bertz CT molecular complexity index is 1010. The standard InChI is InChI=1S/C21H23N7O/c1-15-24-20(26-25-15)21-13-27(10-16-5-3-2-4-6-16)11-17(21)12-28(14-21)19(29)18-9-22-7-8-23-18/h2-9,17H,10-14H2,1H3,(H,24,25,26)/t17-,21-/m0/s1.